The maximum Gasteiger partial charge on any atom is 0.278 e. The summed E-state index contributed by atoms with van der Waals surface area (Å²) in [5.74, 6) is 5.13. The molecule has 0 atom stereocenters. The Hall–Kier alpha value is -1.62. The molecule has 66 valence electrons. The number of hydrazone groups is 1. The Bertz CT molecular complexity index is 415. The fourth-order valence-corrected chi connectivity index (χ4v) is 1.29. The second kappa shape index (κ2) is 2.70. The van der Waals surface area contributed by atoms with Crippen molar-refractivity contribution < 1.29 is 4.79 Å². The van der Waals surface area contributed by atoms with Crippen LogP contribution in [0.2, 0.25) is 5.02 Å². The van der Waals surface area contributed by atoms with Gasteiger partial charge in [-0.25, -0.2) is 4.98 Å². The van der Waals surface area contributed by atoms with E-state index in [1.54, 1.807) is 6.07 Å². The van der Waals surface area contributed by atoms with Crippen molar-refractivity contribution in [3.8, 4) is 0 Å². The molecule has 0 radical (unpaired) electrons. The summed E-state index contributed by atoms with van der Waals surface area (Å²) in [6, 6.07) is 1.59. The second-order valence-corrected chi connectivity index (χ2v) is 2.92. The van der Waals surface area contributed by atoms with Crippen molar-refractivity contribution in [2.24, 2.45) is 10.9 Å². The molecule has 0 aliphatic carbocycles. The van der Waals surface area contributed by atoms with E-state index in [4.69, 9.17) is 17.4 Å². The zero-order valence-electron chi connectivity index (χ0n) is 6.41. The lowest BCUT2D eigenvalue weighted by Crippen LogP contribution is -2.15. The van der Waals surface area contributed by atoms with Gasteiger partial charge in [0.15, 0.2) is 5.71 Å². The quantitative estimate of drug-likeness (QED) is 0.464. The van der Waals surface area contributed by atoms with Crippen LogP contribution in [-0.2, 0) is 4.79 Å². The number of hydrogen-bond donors (Lipinski definition) is 2. The third-order valence-corrected chi connectivity index (χ3v) is 1.89. The molecule has 1 aromatic heterocycles. The van der Waals surface area contributed by atoms with Crippen molar-refractivity contribution in [3.05, 3.63) is 22.8 Å². The van der Waals surface area contributed by atoms with E-state index in [2.05, 4.69) is 15.4 Å². The molecule has 0 fully saturated rings. The standard InChI is InChI=1S/C7H5ClN4O/c8-3-1-4-5(12-9)7(13)11-6(4)10-2-3/h1-2H,9H2,(H,10,11,12,13). The molecule has 0 saturated carbocycles. The van der Waals surface area contributed by atoms with Crippen LogP contribution in [0.25, 0.3) is 0 Å². The largest absolute Gasteiger partial charge is 0.322 e. The fraction of sp³-hybridized carbons (Fsp3) is 0. The van der Waals surface area contributed by atoms with Crippen molar-refractivity contribution >= 4 is 29.0 Å². The number of nitrogens with one attached hydrogen (secondary N) is 1. The number of carbonyl (C=O) groups is 1. The van der Waals surface area contributed by atoms with Crippen molar-refractivity contribution in [3.63, 3.8) is 0 Å². The van der Waals surface area contributed by atoms with Gasteiger partial charge in [0, 0.05) is 6.20 Å². The van der Waals surface area contributed by atoms with Crippen LogP contribution < -0.4 is 11.2 Å². The SMILES string of the molecule is N/N=C1\C(=O)Nc2ncc(Cl)cc21. The van der Waals surface area contributed by atoms with Gasteiger partial charge in [-0.05, 0) is 6.07 Å². The highest BCUT2D eigenvalue weighted by Gasteiger charge is 2.27. The highest BCUT2D eigenvalue weighted by atomic mass is 35.5. The van der Waals surface area contributed by atoms with Crippen LogP contribution in [-0.4, -0.2) is 16.6 Å². The first-order chi connectivity index (χ1) is 6.22. The van der Waals surface area contributed by atoms with Gasteiger partial charge < -0.3 is 11.2 Å². The maximum absolute atomic E-state index is 11.2. The number of amides is 1. The van der Waals surface area contributed by atoms with Gasteiger partial charge in [0.05, 0.1) is 10.6 Å². The zero-order chi connectivity index (χ0) is 9.42. The molecule has 13 heavy (non-hydrogen) atoms. The maximum atomic E-state index is 11.2. The molecule has 3 N–H and O–H groups in total. The Labute approximate surface area is 78.6 Å². The number of carbonyl (C=O) groups excluding carboxylic acids is 1. The number of hydrogen-bond acceptors (Lipinski definition) is 4. The van der Waals surface area contributed by atoms with Crippen LogP contribution in [0.3, 0.4) is 0 Å². The van der Waals surface area contributed by atoms with Crippen LogP contribution >= 0.6 is 11.6 Å². The van der Waals surface area contributed by atoms with E-state index >= 15 is 0 Å². The minimum atomic E-state index is -0.354. The fourth-order valence-electron chi connectivity index (χ4n) is 1.14. The molecule has 1 aliphatic heterocycles. The van der Waals surface area contributed by atoms with Crippen LogP contribution in [0.5, 0.6) is 0 Å². The summed E-state index contributed by atoms with van der Waals surface area (Å²) in [4.78, 5) is 15.1. The van der Waals surface area contributed by atoms with Gasteiger partial charge in [0.2, 0.25) is 0 Å². The molecule has 1 amide bonds. The number of nitrogens with two attached hydrogens (primary N) is 1. The van der Waals surface area contributed by atoms with Crippen molar-refractivity contribution in [1.82, 2.24) is 4.98 Å². The van der Waals surface area contributed by atoms with Gasteiger partial charge >= 0.3 is 0 Å². The molecule has 2 heterocycles. The molecule has 1 aliphatic rings. The number of anilines is 1. The van der Waals surface area contributed by atoms with Crippen LogP contribution in [0.4, 0.5) is 5.82 Å². The molecule has 1 aromatic rings. The molecule has 5 nitrogen and oxygen atoms in total. The molecule has 0 aromatic carbocycles. The Morgan fingerprint density at radius 3 is 3.08 bits per heavy atom. The highest BCUT2D eigenvalue weighted by molar-refractivity contribution is 6.53. The van der Waals surface area contributed by atoms with Crippen LogP contribution in [0.15, 0.2) is 17.4 Å². The minimum absolute atomic E-state index is 0.157. The molecule has 0 spiro atoms. The van der Waals surface area contributed by atoms with Gasteiger partial charge in [0.1, 0.15) is 5.82 Å². The predicted octanol–water partition coefficient (Wildman–Crippen LogP) is 0.350. The monoisotopic (exact) mass is 196 g/mol. The summed E-state index contributed by atoms with van der Waals surface area (Å²) < 4.78 is 0. The van der Waals surface area contributed by atoms with E-state index in [1.165, 1.54) is 6.20 Å². The molecule has 0 bridgehead atoms. The summed E-state index contributed by atoms with van der Waals surface area (Å²) in [7, 11) is 0. The van der Waals surface area contributed by atoms with E-state index in [9.17, 15) is 4.79 Å². The molecule has 2 rings (SSSR count). The van der Waals surface area contributed by atoms with E-state index in [0.717, 1.165) is 0 Å². The Balaban J connectivity index is 2.63. The Morgan fingerprint density at radius 2 is 2.38 bits per heavy atom. The van der Waals surface area contributed by atoms with Crippen molar-refractivity contribution in [1.29, 1.82) is 0 Å². The van der Waals surface area contributed by atoms with E-state index < -0.39 is 0 Å². The van der Waals surface area contributed by atoms with Gasteiger partial charge in [-0.1, -0.05) is 11.6 Å². The lowest BCUT2D eigenvalue weighted by molar-refractivity contribution is -0.110. The van der Waals surface area contributed by atoms with E-state index in [-0.39, 0.29) is 11.6 Å². The second-order valence-electron chi connectivity index (χ2n) is 2.48. The van der Waals surface area contributed by atoms with E-state index in [1.807, 2.05) is 0 Å². The first-order valence-electron chi connectivity index (χ1n) is 3.47. The topological polar surface area (TPSA) is 80.4 Å². The zero-order valence-corrected chi connectivity index (χ0v) is 7.17. The minimum Gasteiger partial charge on any atom is -0.322 e. The predicted molar refractivity (Wildman–Crippen MR) is 48.6 cm³/mol. The van der Waals surface area contributed by atoms with E-state index in [0.29, 0.717) is 16.4 Å². The number of nitrogens with zero attached hydrogens (tertiary/aromatic N) is 2. The normalized spacial score (nSPS) is 17.3. The van der Waals surface area contributed by atoms with Gasteiger partial charge in [0.25, 0.3) is 5.91 Å². The average molecular weight is 197 g/mol. The molecule has 0 saturated heterocycles. The summed E-state index contributed by atoms with van der Waals surface area (Å²) in [5, 5.41) is 6.30. The first kappa shape index (κ1) is 8.00. The molecular weight excluding hydrogens is 192 g/mol. The summed E-state index contributed by atoms with van der Waals surface area (Å²) >= 11 is 5.70. The van der Waals surface area contributed by atoms with Crippen LogP contribution in [0.1, 0.15) is 5.56 Å². The first-order valence-corrected chi connectivity index (χ1v) is 3.85. The summed E-state index contributed by atoms with van der Waals surface area (Å²) in [6.07, 6.45) is 1.44. The lowest BCUT2D eigenvalue weighted by atomic mass is 10.2. The molecular formula is C7H5ClN4O. The van der Waals surface area contributed by atoms with Crippen molar-refractivity contribution in [2.75, 3.05) is 5.32 Å². The third kappa shape index (κ3) is 1.13. The summed E-state index contributed by atoms with van der Waals surface area (Å²) in [6.45, 7) is 0. The average Bonchev–Trinajstić information content (AvgIpc) is 2.40. The summed E-state index contributed by atoms with van der Waals surface area (Å²) in [5.41, 5.74) is 0.699. The Kier molecular flexibility index (Phi) is 1.66. The van der Waals surface area contributed by atoms with Gasteiger partial charge in [-0.3, -0.25) is 4.79 Å². The van der Waals surface area contributed by atoms with Gasteiger partial charge in [-0.2, -0.15) is 5.10 Å². The third-order valence-electron chi connectivity index (χ3n) is 1.69. The number of rotatable bonds is 0. The highest BCUT2D eigenvalue weighted by Crippen LogP contribution is 2.23. The van der Waals surface area contributed by atoms with Crippen LogP contribution in [0, 0.1) is 0 Å². The molecule has 0 unspecified atom stereocenters. The number of halogens is 1. The number of pyridine rings is 1. The smallest absolute Gasteiger partial charge is 0.278 e. The van der Waals surface area contributed by atoms with Crippen molar-refractivity contribution in [2.45, 2.75) is 0 Å². The Morgan fingerprint density at radius 1 is 1.62 bits per heavy atom. The number of fused-ring (bicyclic) bond motifs is 1. The lowest BCUT2D eigenvalue weighted by Gasteiger charge is -1.95. The number of aromatic nitrogens is 1. The van der Waals surface area contributed by atoms with Gasteiger partial charge in [-0.15, -0.1) is 0 Å². The molecule has 6 heteroatoms.